The Hall–Kier alpha value is -2.41. The average Bonchev–Trinajstić information content (AvgIpc) is 3.46. The summed E-state index contributed by atoms with van der Waals surface area (Å²) in [4.78, 5) is 53.4. The van der Waals surface area contributed by atoms with Gasteiger partial charge in [0.25, 0.3) is 17.7 Å². The number of ketones is 1. The third-order valence-corrected chi connectivity index (χ3v) is 7.80. The molecule has 2 bridgehead atoms. The molecule has 1 aliphatic heterocycles. The second-order valence-corrected chi connectivity index (χ2v) is 10.1. The highest BCUT2D eigenvalue weighted by Gasteiger charge is 2.62. The molecule has 2 aromatic carbocycles. The second-order valence-electron chi connectivity index (χ2n) is 8.79. The Balaban J connectivity index is 1.52. The lowest BCUT2D eigenvalue weighted by Crippen LogP contribution is -2.52. The van der Waals surface area contributed by atoms with Crippen molar-refractivity contribution in [2.75, 3.05) is 6.54 Å². The van der Waals surface area contributed by atoms with Gasteiger partial charge < -0.3 is 0 Å². The van der Waals surface area contributed by atoms with Gasteiger partial charge in [0.2, 0.25) is 0 Å². The first-order valence-corrected chi connectivity index (χ1v) is 11.8. The molecule has 9 heteroatoms. The molecule has 3 amide bonds. The van der Waals surface area contributed by atoms with E-state index in [0.717, 1.165) is 29.3 Å². The van der Waals surface area contributed by atoms with Crippen LogP contribution in [0.1, 0.15) is 40.0 Å². The molecule has 0 radical (unpaired) electrons. The van der Waals surface area contributed by atoms with Crippen LogP contribution in [-0.2, 0) is 9.59 Å². The average molecular weight is 506 g/mol. The zero-order valence-electron chi connectivity index (χ0n) is 17.3. The van der Waals surface area contributed by atoms with E-state index in [-0.39, 0.29) is 22.4 Å². The summed E-state index contributed by atoms with van der Waals surface area (Å²) in [5.41, 5.74) is 0.351. The molecule has 2 aromatic rings. The maximum atomic E-state index is 13.6. The van der Waals surface area contributed by atoms with Crippen molar-refractivity contribution in [1.82, 2.24) is 10.0 Å². The number of imide groups is 1. The van der Waals surface area contributed by atoms with Gasteiger partial charge in [-0.1, -0.05) is 34.8 Å². The zero-order chi connectivity index (χ0) is 23.4. The molecular formula is C24H19Cl3N2O4. The second kappa shape index (κ2) is 8.42. The molecule has 1 saturated heterocycles. The SMILES string of the molecule is O=C(CN(C(=O)c1ccc(Cl)cc1Cl)N1C(=O)[C@@H]2[C@H]3CC[C@@H](C3)[C@H]2C1=O)c1ccc(Cl)cc1. The van der Waals surface area contributed by atoms with Gasteiger partial charge in [-0.25, -0.2) is 5.01 Å². The van der Waals surface area contributed by atoms with Gasteiger partial charge in [-0.2, -0.15) is 5.01 Å². The van der Waals surface area contributed by atoms with Crippen LogP contribution >= 0.6 is 34.8 Å². The van der Waals surface area contributed by atoms with Crippen molar-refractivity contribution in [1.29, 1.82) is 0 Å². The van der Waals surface area contributed by atoms with Crippen molar-refractivity contribution in [3.63, 3.8) is 0 Å². The summed E-state index contributed by atoms with van der Waals surface area (Å²) in [5.74, 6) is -2.57. The van der Waals surface area contributed by atoms with Crippen molar-refractivity contribution in [3.8, 4) is 0 Å². The van der Waals surface area contributed by atoms with Crippen molar-refractivity contribution in [2.45, 2.75) is 19.3 Å². The predicted molar refractivity (Wildman–Crippen MR) is 123 cm³/mol. The molecule has 5 rings (SSSR count). The van der Waals surface area contributed by atoms with Crippen molar-refractivity contribution < 1.29 is 19.2 Å². The van der Waals surface area contributed by atoms with Crippen LogP contribution in [0.15, 0.2) is 42.5 Å². The van der Waals surface area contributed by atoms with Gasteiger partial charge in [-0.05, 0) is 73.6 Å². The Labute approximate surface area is 205 Å². The third-order valence-electron chi connectivity index (χ3n) is 7.00. The summed E-state index contributed by atoms with van der Waals surface area (Å²) in [7, 11) is 0. The first kappa shape index (κ1) is 22.4. The number of carbonyl (C=O) groups excluding carboxylic acids is 4. The molecule has 2 aliphatic carbocycles. The number of rotatable bonds is 5. The number of nitrogens with zero attached hydrogens (tertiary/aromatic N) is 2. The van der Waals surface area contributed by atoms with E-state index >= 15 is 0 Å². The number of hydrazine groups is 1. The highest BCUT2D eigenvalue weighted by Crippen LogP contribution is 2.56. The summed E-state index contributed by atoms with van der Waals surface area (Å²) in [5, 5.41) is 2.69. The summed E-state index contributed by atoms with van der Waals surface area (Å²) < 4.78 is 0. The molecule has 170 valence electrons. The van der Waals surface area contributed by atoms with Crippen molar-refractivity contribution in [2.24, 2.45) is 23.7 Å². The molecule has 3 fully saturated rings. The highest BCUT2D eigenvalue weighted by atomic mass is 35.5. The van der Waals surface area contributed by atoms with E-state index in [9.17, 15) is 19.2 Å². The minimum absolute atomic E-state index is 0.0469. The first-order chi connectivity index (χ1) is 15.8. The Morgan fingerprint density at radius 3 is 2.03 bits per heavy atom. The van der Waals surface area contributed by atoms with E-state index in [0.29, 0.717) is 15.6 Å². The molecular weight excluding hydrogens is 487 g/mol. The van der Waals surface area contributed by atoms with Crippen LogP contribution in [0.2, 0.25) is 15.1 Å². The maximum absolute atomic E-state index is 13.6. The van der Waals surface area contributed by atoms with Gasteiger partial charge in [0, 0.05) is 15.6 Å². The topological polar surface area (TPSA) is 74.8 Å². The van der Waals surface area contributed by atoms with Gasteiger partial charge in [0.05, 0.1) is 22.4 Å². The van der Waals surface area contributed by atoms with Crippen molar-refractivity contribution in [3.05, 3.63) is 68.7 Å². The van der Waals surface area contributed by atoms with Gasteiger partial charge >= 0.3 is 0 Å². The van der Waals surface area contributed by atoms with E-state index in [4.69, 9.17) is 34.8 Å². The van der Waals surface area contributed by atoms with Gasteiger partial charge in [-0.15, -0.1) is 0 Å². The summed E-state index contributed by atoms with van der Waals surface area (Å²) >= 11 is 18.1. The van der Waals surface area contributed by atoms with Crippen LogP contribution < -0.4 is 0 Å². The molecule has 0 unspecified atom stereocenters. The largest absolute Gasteiger partial charge is 0.292 e. The summed E-state index contributed by atoms with van der Waals surface area (Å²) in [6.07, 6.45) is 2.67. The van der Waals surface area contributed by atoms with Crippen molar-refractivity contribution >= 4 is 58.3 Å². The van der Waals surface area contributed by atoms with Crippen LogP contribution in [-0.4, -0.2) is 40.1 Å². The lowest BCUT2D eigenvalue weighted by Gasteiger charge is -2.31. The van der Waals surface area contributed by atoms with E-state index in [1.807, 2.05) is 0 Å². The van der Waals surface area contributed by atoms with E-state index in [1.54, 1.807) is 12.1 Å². The molecule has 3 aliphatic rings. The van der Waals surface area contributed by atoms with E-state index in [2.05, 4.69) is 0 Å². The fourth-order valence-electron chi connectivity index (χ4n) is 5.53. The number of hydrogen-bond donors (Lipinski definition) is 0. The highest BCUT2D eigenvalue weighted by molar-refractivity contribution is 6.36. The van der Waals surface area contributed by atoms with Crippen LogP contribution in [0.25, 0.3) is 0 Å². The third kappa shape index (κ3) is 3.74. The number of fused-ring (bicyclic) bond motifs is 5. The lowest BCUT2D eigenvalue weighted by atomic mass is 9.81. The van der Waals surface area contributed by atoms with E-state index < -0.39 is 41.9 Å². The quantitative estimate of drug-likeness (QED) is 0.427. The van der Waals surface area contributed by atoms with Gasteiger partial charge in [0.1, 0.15) is 6.54 Å². The van der Waals surface area contributed by atoms with Crippen LogP contribution in [0.3, 0.4) is 0 Å². The Kier molecular flexibility index (Phi) is 5.71. The molecule has 0 spiro atoms. The molecule has 0 N–H and O–H groups in total. The number of Topliss-reactive ketones (excluding diaryl/α,β-unsaturated/α-hetero) is 1. The molecule has 0 aromatic heterocycles. The number of carbonyl (C=O) groups is 4. The molecule has 33 heavy (non-hydrogen) atoms. The molecule has 6 nitrogen and oxygen atoms in total. The Morgan fingerprint density at radius 1 is 0.879 bits per heavy atom. The Bertz CT molecular complexity index is 1150. The fraction of sp³-hybridized carbons (Fsp3) is 0.333. The molecule has 4 atom stereocenters. The fourth-order valence-corrected chi connectivity index (χ4v) is 6.14. The number of benzene rings is 2. The van der Waals surface area contributed by atoms with Crippen LogP contribution in [0, 0.1) is 23.7 Å². The molecule has 1 heterocycles. The minimum atomic E-state index is -0.715. The summed E-state index contributed by atoms with van der Waals surface area (Å²) in [6.45, 7) is -0.494. The Morgan fingerprint density at radius 2 is 1.45 bits per heavy atom. The van der Waals surface area contributed by atoms with Gasteiger partial charge in [0.15, 0.2) is 5.78 Å². The number of amides is 3. The van der Waals surface area contributed by atoms with Crippen LogP contribution in [0.5, 0.6) is 0 Å². The monoisotopic (exact) mass is 504 g/mol. The molecule has 2 saturated carbocycles. The minimum Gasteiger partial charge on any atom is -0.292 e. The first-order valence-electron chi connectivity index (χ1n) is 10.7. The maximum Gasteiger partial charge on any atom is 0.274 e. The van der Waals surface area contributed by atoms with Crippen LogP contribution in [0.4, 0.5) is 0 Å². The number of halogens is 3. The summed E-state index contributed by atoms with van der Waals surface area (Å²) in [6, 6.07) is 10.5. The van der Waals surface area contributed by atoms with E-state index in [1.165, 1.54) is 30.3 Å². The van der Waals surface area contributed by atoms with Gasteiger partial charge in [-0.3, -0.25) is 19.2 Å². The normalized spacial score (nSPS) is 25.5. The lowest BCUT2D eigenvalue weighted by molar-refractivity contribution is -0.154. The standard InChI is InChI=1S/C24H19Cl3N2O4/c25-15-5-3-12(4-6-15)19(30)11-28(22(31)17-8-7-16(26)10-18(17)27)29-23(32)20-13-1-2-14(9-13)21(20)24(29)33/h3-8,10,13-14,20-21H,1-2,9,11H2/t13-,14-,20+,21+/m0/s1. The number of hydrogen-bond acceptors (Lipinski definition) is 4. The smallest absolute Gasteiger partial charge is 0.274 e. The zero-order valence-corrected chi connectivity index (χ0v) is 19.6. The predicted octanol–water partition coefficient (Wildman–Crippen LogP) is 4.92.